The smallest absolute Gasteiger partial charge is 0.408 e. The van der Waals surface area contributed by atoms with Crippen LogP contribution in [0.2, 0.25) is 0 Å². The van der Waals surface area contributed by atoms with Crippen molar-refractivity contribution in [3.05, 3.63) is 59.4 Å². The number of carbonyl (C=O) groups excluding carboxylic acids is 2. The molecule has 0 radical (unpaired) electrons. The van der Waals surface area contributed by atoms with Gasteiger partial charge >= 0.3 is 12.1 Å². The van der Waals surface area contributed by atoms with Gasteiger partial charge in [-0.2, -0.15) is 0 Å². The summed E-state index contributed by atoms with van der Waals surface area (Å²) in [4.78, 5) is 28.9. The highest BCUT2D eigenvalue weighted by Crippen LogP contribution is 2.10. The molecule has 0 saturated carbocycles. The minimum atomic E-state index is -0.981. The Bertz CT molecular complexity index is 940. The van der Waals surface area contributed by atoms with E-state index in [1.165, 1.54) is 6.20 Å². The van der Waals surface area contributed by atoms with Gasteiger partial charge in [-0.3, -0.25) is 0 Å². The Labute approximate surface area is 177 Å². The van der Waals surface area contributed by atoms with Gasteiger partial charge in [0.25, 0.3) is 0 Å². The predicted molar refractivity (Wildman–Crippen MR) is 114 cm³/mol. The maximum atomic E-state index is 12.6. The molecule has 0 fully saturated rings. The fourth-order valence-electron chi connectivity index (χ4n) is 2.44. The van der Waals surface area contributed by atoms with E-state index in [1.807, 2.05) is 37.3 Å². The van der Waals surface area contributed by atoms with Crippen molar-refractivity contribution < 1.29 is 19.1 Å². The van der Waals surface area contributed by atoms with E-state index in [2.05, 4.69) is 22.1 Å². The number of aromatic nitrogens is 1. The molecule has 0 aliphatic heterocycles. The van der Waals surface area contributed by atoms with Crippen molar-refractivity contribution >= 4 is 17.7 Å². The van der Waals surface area contributed by atoms with E-state index in [4.69, 9.17) is 15.2 Å². The second-order valence-electron chi connectivity index (χ2n) is 7.73. The van der Waals surface area contributed by atoms with Crippen LogP contribution in [-0.4, -0.2) is 28.7 Å². The van der Waals surface area contributed by atoms with E-state index in [0.717, 1.165) is 11.1 Å². The van der Waals surface area contributed by atoms with E-state index in [0.29, 0.717) is 11.4 Å². The molecule has 0 aliphatic carbocycles. The summed E-state index contributed by atoms with van der Waals surface area (Å²) < 4.78 is 10.6. The first-order valence-corrected chi connectivity index (χ1v) is 9.55. The van der Waals surface area contributed by atoms with Crippen LogP contribution in [0.1, 0.15) is 44.0 Å². The number of nitrogens with one attached hydrogen (secondary N) is 1. The number of nitrogens with zero attached hydrogens (tertiary/aromatic N) is 1. The van der Waals surface area contributed by atoms with Gasteiger partial charge in [0.2, 0.25) is 0 Å². The Morgan fingerprint density at radius 2 is 1.93 bits per heavy atom. The van der Waals surface area contributed by atoms with Crippen LogP contribution >= 0.6 is 0 Å². The molecule has 0 saturated heterocycles. The lowest BCUT2D eigenvalue weighted by molar-refractivity contribution is -0.147. The average molecular weight is 409 g/mol. The topological polar surface area (TPSA) is 104 Å². The number of amides is 1. The fraction of sp³-hybridized carbons (Fsp3) is 0.348. The molecule has 1 amide bonds. The minimum Gasteiger partial charge on any atom is -0.459 e. The van der Waals surface area contributed by atoms with Gasteiger partial charge in [0.1, 0.15) is 23.9 Å². The van der Waals surface area contributed by atoms with Gasteiger partial charge in [-0.15, -0.1) is 0 Å². The number of benzene rings is 1. The van der Waals surface area contributed by atoms with Crippen LogP contribution in [0.4, 0.5) is 10.5 Å². The van der Waals surface area contributed by atoms with E-state index >= 15 is 0 Å². The van der Waals surface area contributed by atoms with Crippen molar-refractivity contribution in [1.29, 1.82) is 0 Å². The third-order valence-corrected chi connectivity index (χ3v) is 3.81. The highest BCUT2D eigenvalue weighted by atomic mass is 16.6. The van der Waals surface area contributed by atoms with Crippen molar-refractivity contribution in [3.63, 3.8) is 0 Å². The molecule has 0 bridgehead atoms. The van der Waals surface area contributed by atoms with Crippen molar-refractivity contribution in [3.8, 4) is 11.8 Å². The third-order valence-electron chi connectivity index (χ3n) is 3.81. The van der Waals surface area contributed by atoms with Gasteiger partial charge in [0.15, 0.2) is 0 Å². The number of hydrogen-bond donors (Lipinski definition) is 2. The lowest BCUT2D eigenvalue weighted by atomic mass is 10.1. The zero-order valence-corrected chi connectivity index (χ0v) is 17.7. The number of ether oxygens (including phenoxy) is 2. The summed E-state index contributed by atoms with van der Waals surface area (Å²) in [5, 5.41) is 2.54. The molecule has 1 heterocycles. The molecule has 2 rings (SSSR count). The van der Waals surface area contributed by atoms with Crippen LogP contribution < -0.4 is 11.1 Å². The second-order valence-corrected chi connectivity index (χ2v) is 7.73. The third kappa shape index (κ3) is 7.84. The molecule has 1 aromatic heterocycles. The van der Waals surface area contributed by atoms with Crippen molar-refractivity contribution in [2.45, 2.75) is 52.4 Å². The second kappa shape index (κ2) is 10.3. The van der Waals surface area contributed by atoms with Gasteiger partial charge in [0.05, 0.1) is 11.9 Å². The Morgan fingerprint density at radius 3 is 2.57 bits per heavy atom. The first kappa shape index (κ1) is 22.8. The maximum Gasteiger partial charge on any atom is 0.408 e. The summed E-state index contributed by atoms with van der Waals surface area (Å²) in [6.07, 6.45) is 0.840. The Kier molecular flexibility index (Phi) is 7.82. The predicted octanol–water partition coefficient (Wildman–Crippen LogP) is 3.35. The average Bonchev–Trinajstić information content (AvgIpc) is 2.66. The molecule has 3 N–H and O–H groups in total. The van der Waals surface area contributed by atoms with Gasteiger partial charge in [-0.25, -0.2) is 14.6 Å². The summed E-state index contributed by atoms with van der Waals surface area (Å²) in [5.41, 5.74) is 7.77. The molecular formula is C23H27N3O4. The number of anilines is 1. The van der Waals surface area contributed by atoms with Gasteiger partial charge in [0, 0.05) is 6.42 Å². The minimum absolute atomic E-state index is 0.0400. The monoisotopic (exact) mass is 409 g/mol. The zero-order valence-electron chi connectivity index (χ0n) is 17.7. The number of hydrogen-bond acceptors (Lipinski definition) is 6. The number of pyridine rings is 1. The largest absolute Gasteiger partial charge is 0.459 e. The molecule has 2 aromatic rings. The van der Waals surface area contributed by atoms with E-state index in [1.54, 1.807) is 26.8 Å². The molecule has 158 valence electrons. The lowest BCUT2D eigenvalue weighted by Crippen LogP contribution is -2.44. The normalized spacial score (nSPS) is 11.6. The molecule has 0 aliphatic rings. The van der Waals surface area contributed by atoms with Crippen LogP contribution in [-0.2, 0) is 20.9 Å². The van der Waals surface area contributed by atoms with Crippen molar-refractivity contribution in [2.24, 2.45) is 0 Å². The number of nitrogen functional groups attached to an aromatic ring is 1. The van der Waals surface area contributed by atoms with E-state index in [9.17, 15) is 9.59 Å². The first-order valence-electron chi connectivity index (χ1n) is 9.55. The van der Waals surface area contributed by atoms with Crippen LogP contribution in [0.15, 0.2) is 42.6 Å². The number of aryl methyl sites for hydroxylation is 1. The van der Waals surface area contributed by atoms with Gasteiger partial charge in [-0.05, 0) is 50.8 Å². The maximum absolute atomic E-state index is 12.6. The van der Waals surface area contributed by atoms with E-state index < -0.39 is 23.7 Å². The number of rotatable bonds is 5. The summed E-state index contributed by atoms with van der Waals surface area (Å²) >= 11 is 0. The summed E-state index contributed by atoms with van der Waals surface area (Å²) in [6, 6.07) is 10.1. The Hall–Kier alpha value is -3.53. The van der Waals surface area contributed by atoms with Crippen molar-refractivity contribution in [2.75, 3.05) is 5.73 Å². The molecule has 30 heavy (non-hydrogen) atoms. The van der Waals surface area contributed by atoms with Crippen LogP contribution in [0.5, 0.6) is 0 Å². The Balaban J connectivity index is 2.09. The SMILES string of the molecule is Cc1cc(N)cnc1C#CCC(NC(=O)OC(C)(C)C)C(=O)OCc1ccccc1. The Morgan fingerprint density at radius 1 is 1.23 bits per heavy atom. The number of nitrogens with two attached hydrogens (primary N) is 1. The quantitative estimate of drug-likeness (QED) is 0.580. The molecular weight excluding hydrogens is 382 g/mol. The summed E-state index contributed by atoms with van der Waals surface area (Å²) in [6.45, 7) is 7.16. The summed E-state index contributed by atoms with van der Waals surface area (Å²) in [5.74, 6) is 5.19. The van der Waals surface area contributed by atoms with Crippen LogP contribution in [0, 0.1) is 18.8 Å². The number of esters is 1. The molecule has 7 nitrogen and oxygen atoms in total. The van der Waals surface area contributed by atoms with Gasteiger partial charge in [-0.1, -0.05) is 36.3 Å². The van der Waals surface area contributed by atoms with Crippen LogP contribution in [0.3, 0.4) is 0 Å². The molecule has 7 heteroatoms. The molecule has 0 spiro atoms. The van der Waals surface area contributed by atoms with Gasteiger partial charge < -0.3 is 20.5 Å². The standard InChI is InChI=1S/C23H27N3O4/c1-16-13-18(24)14-25-19(16)11-8-12-20(26-22(28)30-23(2,3)4)21(27)29-15-17-9-6-5-7-10-17/h5-7,9-10,13-14,20H,12,15,24H2,1-4H3,(H,26,28). The van der Waals surface area contributed by atoms with Crippen LogP contribution in [0.25, 0.3) is 0 Å². The highest BCUT2D eigenvalue weighted by Gasteiger charge is 2.25. The van der Waals surface area contributed by atoms with E-state index in [-0.39, 0.29) is 13.0 Å². The fourth-order valence-corrected chi connectivity index (χ4v) is 2.44. The molecule has 1 aromatic carbocycles. The summed E-state index contributed by atoms with van der Waals surface area (Å²) in [7, 11) is 0. The lowest BCUT2D eigenvalue weighted by Gasteiger charge is -2.22. The van der Waals surface area contributed by atoms with Crippen molar-refractivity contribution in [1.82, 2.24) is 10.3 Å². The number of alkyl carbamates (subject to hydrolysis) is 1. The highest BCUT2D eigenvalue weighted by molar-refractivity contribution is 5.81. The first-order chi connectivity index (χ1) is 14.1. The number of carbonyl (C=O) groups is 2. The molecule has 1 unspecified atom stereocenters. The molecule has 1 atom stereocenters. The zero-order chi connectivity index (χ0) is 22.1.